The molecule has 176 valence electrons. The molecule has 0 radical (unpaired) electrons. The molecule has 5 rings (SSSR count). The Morgan fingerprint density at radius 2 is 2.03 bits per heavy atom. The van der Waals surface area contributed by atoms with Crippen molar-refractivity contribution in [3.05, 3.63) is 47.0 Å². The SMILES string of the molecule is CN=C/C(=C\N)c1cc2c(cn1)oc1c(-c3cnn(C)c3)nc(=O)n(C3CC(C)OC(C)C3)c12. The molecule has 1 aliphatic rings. The van der Waals surface area contributed by atoms with Crippen molar-refractivity contribution < 1.29 is 9.15 Å². The molecule has 10 heteroatoms. The van der Waals surface area contributed by atoms with Crippen LogP contribution < -0.4 is 11.4 Å². The Morgan fingerprint density at radius 1 is 1.26 bits per heavy atom. The molecular formula is C24H27N7O3. The molecule has 0 aromatic carbocycles. The van der Waals surface area contributed by atoms with Gasteiger partial charge in [-0.25, -0.2) is 4.79 Å². The third-order valence-electron chi connectivity index (χ3n) is 6.18. The standard InChI is InChI=1S/C24H27N7O3/c1-13-5-17(6-14(2)33-13)31-22-18-7-19(15(8-25)9-26-3)27-11-20(18)34-23(22)21(29-24(31)32)16-10-28-30(4)12-16/h7-14,17H,5-6,25H2,1-4H3/b15-8+,26-9?. The van der Waals surface area contributed by atoms with Crippen molar-refractivity contribution in [2.75, 3.05) is 7.05 Å². The predicted molar refractivity (Wildman–Crippen MR) is 131 cm³/mol. The van der Waals surface area contributed by atoms with E-state index < -0.39 is 0 Å². The molecule has 4 aromatic heterocycles. The molecule has 5 heterocycles. The first-order valence-corrected chi connectivity index (χ1v) is 11.2. The minimum absolute atomic E-state index is 0.0247. The molecule has 4 aromatic rings. The van der Waals surface area contributed by atoms with Crippen molar-refractivity contribution >= 4 is 33.9 Å². The molecule has 0 amide bonds. The van der Waals surface area contributed by atoms with Gasteiger partial charge in [0.05, 0.1) is 30.3 Å². The van der Waals surface area contributed by atoms with Crippen LogP contribution in [0.15, 0.2) is 45.1 Å². The van der Waals surface area contributed by atoms with Gasteiger partial charge >= 0.3 is 5.69 Å². The lowest BCUT2D eigenvalue weighted by Crippen LogP contribution is -2.36. The zero-order chi connectivity index (χ0) is 24.0. The van der Waals surface area contributed by atoms with Crippen LogP contribution in [0.4, 0.5) is 0 Å². The van der Waals surface area contributed by atoms with Crippen molar-refractivity contribution in [3.8, 4) is 11.3 Å². The van der Waals surface area contributed by atoms with E-state index >= 15 is 0 Å². The molecule has 1 saturated heterocycles. The molecule has 0 spiro atoms. The summed E-state index contributed by atoms with van der Waals surface area (Å²) in [6.07, 6.45) is 9.70. The number of fused-ring (bicyclic) bond motifs is 3. The van der Waals surface area contributed by atoms with Gasteiger partial charge in [-0.15, -0.1) is 0 Å². The summed E-state index contributed by atoms with van der Waals surface area (Å²) in [5, 5.41) is 5.01. The maximum absolute atomic E-state index is 13.5. The van der Waals surface area contributed by atoms with Crippen LogP contribution in [0.25, 0.3) is 38.9 Å². The van der Waals surface area contributed by atoms with E-state index in [4.69, 9.17) is 14.9 Å². The van der Waals surface area contributed by atoms with Gasteiger partial charge in [-0.1, -0.05) is 0 Å². The maximum atomic E-state index is 13.5. The van der Waals surface area contributed by atoms with Crippen LogP contribution in [0.1, 0.15) is 38.4 Å². The second-order valence-corrected chi connectivity index (χ2v) is 8.75. The summed E-state index contributed by atoms with van der Waals surface area (Å²) in [7, 11) is 3.49. The van der Waals surface area contributed by atoms with E-state index in [1.807, 2.05) is 33.2 Å². The molecule has 2 unspecified atom stereocenters. The molecule has 0 aliphatic carbocycles. The highest BCUT2D eigenvalue weighted by molar-refractivity contribution is 6.12. The largest absolute Gasteiger partial charge is 0.450 e. The van der Waals surface area contributed by atoms with E-state index in [-0.39, 0.29) is 23.9 Å². The molecule has 2 atom stereocenters. The number of hydrogen-bond acceptors (Lipinski definition) is 8. The number of nitrogens with zero attached hydrogens (tertiary/aromatic N) is 6. The van der Waals surface area contributed by atoms with Gasteiger partial charge in [-0.2, -0.15) is 10.1 Å². The van der Waals surface area contributed by atoms with Gasteiger partial charge in [0.1, 0.15) is 11.2 Å². The number of pyridine rings is 1. The first kappa shape index (κ1) is 22.0. The fourth-order valence-corrected chi connectivity index (χ4v) is 4.84. The number of aliphatic imine (C=N–C) groups is 1. The number of rotatable bonds is 4. The number of aromatic nitrogens is 5. The number of nitrogens with two attached hydrogens (primary N) is 1. The fraction of sp³-hybridized carbons (Fsp3) is 0.375. The van der Waals surface area contributed by atoms with Gasteiger partial charge in [-0.3, -0.25) is 19.2 Å². The number of furan rings is 1. The predicted octanol–water partition coefficient (Wildman–Crippen LogP) is 3.07. The Kier molecular flexibility index (Phi) is 5.52. The van der Waals surface area contributed by atoms with Gasteiger partial charge in [0, 0.05) is 55.3 Å². The third kappa shape index (κ3) is 3.69. The Bertz CT molecular complexity index is 1480. The zero-order valence-corrected chi connectivity index (χ0v) is 19.6. The van der Waals surface area contributed by atoms with Crippen LogP contribution in [0.3, 0.4) is 0 Å². The number of allylic oxidation sites excluding steroid dienone is 1. The Labute approximate surface area is 195 Å². The molecule has 10 nitrogen and oxygen atoms in total. The molecule has 1 fully saturated rings. The third-order valence-corrected chi connectivity index (χ3v) is 6.18. The molecule has 2 N–H and O–H groups in total. The average Bonchev–Trinajstić information content (AvgIpc) is 3.39. The maximum Gasteiger partial charge on any atom is 0.349 e. The summed E-state index contributed by atoms with van der Waals surface area (Å²) in [4.78, 5) is 26.6. The molecular weight excluding hydrogens is 434 g/mol. The fourth-order valence-electron chi connectivity index (χ4n) is 4.84. The van der Waals surface area contributed by atoms with Crippen LogP contribution in [0.5, 0.6) is 0 Å². The minimum Gasteiger partial charge on any atom is -0.450 e. The normalized spacial score (nSPS) is 21.8. The van der Waals surface area contributed by atoms with Crippen molar-refractivity contribution in [1.82, 2.24) is 24.3 Å². The summed E-state index contributed by atoms with van der Waals surface area (Å²) < 4.78 is 15.6. The second-order valence-electron chi connectivity index (χ2n) is 8.75. The number of ether oxygens (including phenoxy) is 1. The van der Waals surface area contributed by atoms with Crippen molar-refractivity contribution in [2.45, 2.75) is 44.9 Å². The Balaban J connectivity index is 1.84. The smallest absolute Gasteiger partial charge is 0.349 e. The number of hydrogen-bond donors (Lipinski definition) is 1. The highest BCUT2D eigenvalue weighted by Crippen LogP contribution is 2.38. The lowest BCUT2D eigenvalue weighted by Gasteiger charge is -2.33. The summed E-state index contributed by atoms with van der Waals surface area (Å²) >= 11 is 0. The lowest BCUT2D eigenvalue weighted by atomic mass is 9.99. The van der Waals surface area contributed by atoms with Gasteiger partial charge < -0.3 is 14.9 Å². The van der Waals surface area contributed by atoms with Gasteiger partial charge in [0.25, 0.3) is 0 Å². The van der Waals surface area contributed by atoms with Crippen LogP contribution in [0, 0.1) is 0 Å². The van der Waals surface area contributed by atoms with Gasteiger partial charge in [0.2, 0.25) is 0 Å². The molecule has 0 bridgehead atoms. The van der Waals surface area contributed by atoms with Crippen LogP contribution in [0.2, 0.25) is 0 Å². The van der Waals surface area contributed by atoms with Crippen molar-refractivity contribution in [2.24, 2.45) is 17.8 Å². The van der Waals surface area contributed by atoms with Gasteiger partial charge in [0.15, 0.2) is 11.2 Å². The Morgan fingerprint density at radius 3 is 2.68 bits per heavy atom. The first-order chi connectivity index (χ1) is 16.4. The first-order valence-electron chi connectivity index (χ1n) is 11.2. The van der Waals surface area contributed by atoms with Crippen LogP contribution >= 0.6 is 0 Å². The van der Waals surface area contributed by atoms with Crippen LogP contribution in [-0.2, 0) is 11.8 Å². The lowest BCUT2D eigenvalue weighted by molar-refractivity contribution is -0.0486. The highest BCUT2D eigenvalue weighted by atomic mass is 16.5. The van der Waals surface area contributed by atoms with E-state index in [0.717, 1.165) is 5.39 Å². The summed E-state index contributed by atoms with van der Waals surface area (Å²) in [5.74, 6) is 0. The zero-order valence-electron chi connectivity index (χ0n) is 19.6. The molecule has 34 heavy (non-hydrogen) atoms. The second kappa shape index (κ2) is 8.53. The molecule has 0 saturated carbocycles. The van der Waals surface area contributed by atoms with Crippen molar-refractivity contribution in [3.63, 3.8) is 0 Å². The summed E-state index contributed by atoms with van der Waals surface area (Å²) in [6.45, 7) is 4.06. The Hall–Kier alpha value is -3.79. The average molecular weight is 462 g/mol. The minimum atomic E-state index is -0.330. The summed E-state index contributed by atoms with van der Waals surface area (Å²) in [5.41, 5.74) is 9.73. The van der Waals surface area contributed by atoms with E-state index in [0.29, 0.717) is 52.0 Å². The van der Waals surface area contributed by atoms with E-state index in [1.54, 1.807) is 34.9 Å². The molecule has 1 aliphatic heterocycles. The highest BCUT2D eigenvalue weighted by Gasteiger charge is 2.30. The summed E-state index contributed by atoms with van der Waals surface area (Å²) in [6, 6.07) is 1.81. The number of aryl methyl sites for hydroxylation is 1. The topological polar surface area (TPSA) is 126 Å². The van der Waals surface area contributed by atoms with Crippen LogP contribution in [-0.4, -0.2) is 49.8 Å². The monoisotopic (exact) mass is 461 g/mol. The van der Waals surface area contributed by atoms with Gasteiger partial charge in [-0.05, 0) is 32.8 Å². The van der Waals surface area contributed by atoms with Crippen molar-refractivity contribution in [1.29, 1.82) is 0 Å². The quantitative estimate of drug-likeness (QED) is 0.463. The van der Waals surface area contributed by atoms with E-state index in [1.165, 1.54) is 6.20 Å². The van der Waals surface area contributed by atoms with E-state index in [9.17, 15) is 4.79 Å². The van der Waals surface area contributed by atoms with E-state index in [2.05, 4.69) is 20.1 Å².